The summed E-state index contributed by atoms with van der Waals surface area (Å²) in [4.78, 5) is 25.2. The van der Waals surface area contributed by atoms with E-state index in [1.54, 1.807) is 54.6 Å². The summed E-state index contributed by atoms with van der Waals surface area (Å²) >= 11 is 3.39. The van der Waals surface area contributed by atoms with Crippen molar-refractivity contribution in [3.8, 4) is 11.4 Å². The number of halogens is 1. The molecule has 1 atom stereocenters. The first-order valence-electron chi connectivity index (χ1n) is 9.72. The van der Waals surface area contributed by atoms with Crippen LogP contribution in [-0.4, -0.2) is 43.2 Å². The Morgan fingerprint density at radius 2 is 1.82 bits per heavy atom. The molecule has 0 saturated carbocycles. The third kappa shape index (κ3) is 4.88. The van der Waals surface area contributed by atoms with E-state index in [0.29, 0.717) is 17.0 Å². The van der Waals surface area contributed by atoms with Crippen LogP contribution in [0.1, 0.15) is 17.4 Å². The number of aromatic nitrogens is 4. The van der Waals surface area contributed by atoms with Gasteiger partial charge >= 0.3 is 6.09 Å². The van der Waals surface area contributed by atoms with Crippen LogP contribution in [0.4, 0.5) is 10.5 Å². The van der Waals surface area contributed by atoms with E-state index in [1.807, 2.05) is 12.1 Å². The number of carbonyl (C=O) groups is 1. The summed E-state index contributed by atoms with van der Waals surface area (Å²) in [5, 5.41) is 23.4. The quantitative estimate of drug-likeness (QED) is 0.277. The molecule has 0 spiro atoms. The van der Waals surface area contributed by atoms with Gasteiger partial charge in [-0.1, -0.05) is 46.3 Å². The van der Waals surface area contributed by atoms with E-state index in [9.17, 15) is 14.9 Å². The highest BCUT2D eigenvalue weighted by Gasteiger charge is 2.31. The smallest absolute Gasteiger partial charge is 0.410 e. The van der Waals surface area contributed by atoms with Gasteiger partial charge in [-0.25, -0.2) is 4.79 Å². The van der Waals surface area contributed by atoms with Crippen LogP contribution in [-0.2, 0) is 0 Å². The summed E-state index contributed by atoms with van der Waals surface area (Å²) in [6, 6.07) is 21.0. The van der Waals surface area contributed by atoms with Gasteiger partial charge in [0.1, 0.15) is 11.8 Å². The van der Waals surface area contributed by atoms with Crippen LogP contribution in [0.2, 0.25) is 0 Å². The van der Waals surface area contributed by atoms with Gasteiger partial charge in [0.05, 0.1) is 10.6 Å². The highest BCUT2D eigenvalue weighted by Crippen LogP contribution is 2.30. The monoisotopic (exact) mass is 508 g/mol. The van der Waals surface area contributed by atoms with Gasteiger partial charge < -0.3 is 4.74 Å². The standard InChI is InChI=1S/C22H17BrN6O4/c1-27(22(30)33-19-8-3-2-4-9-19)20(15-6-5-7-18(14-15)29(31)32)21-24-25-26-28(21)17-12-10-16(23)11-13-17/h2-14,20H,1H3/t20-/m0/s1. The fourth-order valence-corrected chi connectivity index (χ4v) is 3.52. The summed E-state index contributed by atoms with van der Waals surface area (Å²) in [6.07, 6.45) is -0.678. The minimum atomic E-state index is -0.875. The second-order valence-electron chi connectivity index (χ2n) is 6.97. The molecule has 0 saturated heterocycles. The lowest BCUT2D eigenvalue weighted by Gasteiger charge is -2.27. The zero-order valence-corrected chi connectivity index (χ0v) is 18.9. The van der Waals surface area contributed by atoms with Crippen LogP contribution in [0.5, 0.6) is 5.75 Å². The van der Waals surface area contributed by atoms with Crippen LogP contribution in [0.3, 0.4) is 0 Å². The van der Waals surface area contributed by atoms with E-state index in [-0.39, 0.29) is 11.5 Å². The van der Waals surface area contributed by atoms with Crippen molar-refractivity contribution in [2.24, 2.45) is 0 Å². The molecule has 0 N–H and O–H groups in total. The summed E-state index contributed by atoms with van der Waals surface area (Å²) in [5.41, 5.74) is 0.980. The Hall–Kier alpha value is -4.12. The first-order chi connectivity index (χ1) is 15.9. The largest absolute Gasteiger partial charge is 0.415 e. The van der Waals surface area contributed by atoms with Crippen LogP contribution in [0.15, 0.2) is 83.3 Å². The molecular weight excluding hydrogens is 492 g/mol. The van der Waals surface area contributed by atoms with Crippen molar-refractivity contribution in [1.29, 1.82) is 0 Å². The van der Waals surface area contributed by atoms with Crippen LogP contribution in [0.25, 0.3) is 5.69 Å². The Bertz CT molecular complexity index is 1280. The maximum atomic E-state index is 13.0. The first kappa shape index (κ1) is 22.1. The number of rotatable bonds is 6. The van der Waals surface area contributed by atoms with Crippen molar-refractivity contribution in [2.45, 2.75) is 6.04 Å². The molecule has 10 nitrogen and oxygen atoms in total. The van der Waals surface area contributed by atoms with Gasteiger partial charge in [-0.15, -0.1) is 5.10 Å². The second kappa shape index (κ2) is 9.57. The van der Waals surface area contributed by atoms with E-state index in [0.717, 1.165) is 4.47 Å². The lowest BCUT2D eigenvalue weighted by Crippen LogP contribution is -2.35. The second-order valence-corrected chi connectivity index (χ2v) is 7.89. The molecule has 0 bridgehead atoms. The molecule has 33 heavy (non-hydrogen) atoms. The van der Waals surface area contributed by atoms with Crippen LogP contribution >= 0.6 is 15.9 Å². The Kier molecular flexibility index (Phi) is 6.41. The molecule has 0 aliphatic rings. The van der Waals surface area contributed by atoms with Crippen molar-refractivity contribution < 1.29 is 14.5 Å². The van der Waals surface area contributed by atoms with Crippen molar-refractivity contribution in [2.75, 3.05) is 7.05 Å². The predicted molar refractivity (Wildman–Crippen MR) is 122 cm³/mol. The maximum absolute atomic E-state index is 13.0. The number of nitrogens with zero attached hydrogens (tertiary/aromatic N) is 6. The predicted octanol–water partition coefficient (Wildman–Crippen LogP) is 4.55. The van der Waals surface area contributed by atoms with Crippen LogP contribution < -0.4 is 4.74 Å². The van der Waals surface area contributed by atoms with Gasteiger partial charge in [-0.05, 0) is 52.4 Å². The van der Waals surface area contributed by atoms with Gasteiger partial charge in [-0.3, -0.25) is 15.0 Å². The number of nitro groups is 1. The fourth-order valence-electron chi connectivity index (χ4n) is 3.25. The van der Waals surface area contributed by atoms with E-state index in [1.165, 1.54) is 28.8 Å². The van der Waals surface area contributed by atoms with E-state index in [2.05, 4.69) is 31.5 Å². The highest BCUT2D eigenvalue weighted by molar-refractivity contribution is 9.10. The fraction of sp³-hybridized carbons (Fsp3) is 0.0909. The SMILES string of the molecule is CN(C(=O)Oc1ccccc1)[C@@H](c1cccc([N+](=O)[O-])c1)c1nnnn1-c1ccc(Br)cc1. The first-order valence-corrected chi connectivity index (χ1v) is 10.5. The number of hydrogen-bond acceptors (Lipinski definition) is 7. The third-order valence-corrected chi connectivity index (χ3v) is 5.36. The minimum Gasteiger partial charge on any atom is -0.410 e. The lowest BCUT2D eigenvalue weighted by atomic mass is 10.0. The molecule has 1 amide bonds. The number of ether oxygens (including phenoxy) is 1. The molecular formula is C22H17BrN6O4. The van der Waals surface area contributed by atoms with E-state index >= 15 is 0 Å². The Balaban J connectivity index is 1.78. The topological polar surface area (TPSA) is 116 Å². The summed E-state index contributed by atoms with van der Waals surface area (Å²) < 4.78 is 7.83. The molecule has 166 valence electrons. The van der Waals surface area contributed by atoms with Gasteiger partial charge in [0.2, 0.25) is 0 Å². The van der Waals surface area contributed by atoms with Gasteiger partial charge in [0.15, 0.2) is 5.82 Å². The molecule has 11 heteroatoms. The Morgan fingerprint density at radius 1 is 1.09 bits per heavy atom. The summed E-state index contributed by atoms with van der Waals surface area (Å²) in [5.74, 6) is 0.643. The summed E-state index contributed by atoms with van der Waals surface area (Å²) in [7, 11) is 1.52. The molecule has 4 aromatic rings. The van der Waals surface area contributed by atoms with Gasteiger partial charge in [0, 0.05) is 23.7 Å². The number of amides is 1. The van der Waals surface area contributed by atoms with Gasteiger partial charge in [-0.2, -0.15) is 4.68 Å². The average molecular weight is 509 g/mol. The number of non-ortho nitro benzene ring substituents is 1. The number of benzene rings is 3. The maximum Gasteiger partial charge on any atom is 0.415 e. The summed E-state index contributed by atoms with van der Waals surface area (Å²) in [6.45, 7) is 0. The molecule has 0 fully saturated rings. The molecule has 0 aliphatic heterocycles. The zero-order valence-electron chi connectivity index (χ0n) is 17.3. The normalized spacial score (nSPS) is 11.6. The number of nitro benzene ring substituents is 1. The number of hydrogen-bond donors (Lipinski definition) is 0. The molecule has 0 unspecified atom stereocenters. The van der Waals surface area contributed by atoms with E-state index < -0.39 is 17.1 Å². The molecule has 4 rings (SSSR count). The van der Waals surface area contributed by atoms with Crippen molar-refractivity contribution in [3.05, 3.63) is 105 Å². The molecule has 1 aromatic heterocycles. The van der Waals surface area contributed by atoms with E-state index in [4.69, 9.17) is 4.74 Å². The number of para-hydroxylation sites is 1. The highest BCUT2D eigenvalue weighted by atomic mass is 79.9. The van der Waals surface area contributed by atoms with Crippen molar-refractivity contribution >= 4 is 27.7 Å². The molecule has 3 aromatic carbocycles. The number of tetrazole rings is 1. The van der Waals surface area contributed by atoms with Crippen molar-refractivity contribution in [3.63, 3.8) is 0 Å². The molecule has 0 radical (unpaired) electrons. The zero-order chi connectivity index (χ0) is 23.4. The Morgan fingerprint density at radius 3 is 2.52 bits per heavy atom. The lowest BCUT2D eigenvalue weighted by molar-refractivity contribution is -0.384. The molecule has 1 heterocycles. The van der Waals surface area contributed by atoms with Crippen molar-refractivity contribution in [1.82, 2.24) is 25.1 Å². The molecule has 0 aliphatic carbocycles. The average Bonchev–Trinajstić information content (AvgIpc) is 3.30. The third-order valence-electron chi connectivity index (χ3n) is 4.83. The van der Waals surface area contributed by atoms with Crippen LogP contribution in [0, 0.1) is 10.1 Å². The number of carbonyl (C=O) groups excluding carboxylic acids is 1. The van der Waals surface area contributed by atoms with Gasteiger partial charge in [0.25, 0.3) is 5.69 Å². The Labute approximate surface area is 196 Å². The minimum absolute atomic E-state index is 0.120.